The zero-order chi connectivity index (χ0) is 20.9. The number of nitrogens with one attached hydrogen (secondary N) is 3. The number of carbonyl (C=O) groups excluding carboxylic acids is 3. The third-order valence-corrected chi connectivity index (χ3v) is 6.66. The second-order valence-electron chi connectivity index (χ2n) is 7.30. The molecule has 0 bridgehead atoms. The Kier molecular flexibility index (Phi) is 6.27. The van der Waals surface area contributed by atoms with Crippen LogP contribution in [0.4, 0.5) is 10.5 Å². The SMILES string of the molecule is O=C1NC2CSC(CCCCC(=O)Oc3ccc(NC(=O)c4ccco4)cc3)C2N1. The van der Waals surface area contributed by atoms with Gasteiger partial charge in [-0.25, -0.2) is 4.79 Å². The Morgan fingerprint density at radius 2 is 2.00 bits per heavy atom. The molecule has 2 fully saturated rings. The summed E-state index contributed by atoms with van der Waals surface area (Å²) in [7, 11) is 0. The van der Waals surface area contributed by atoms with Crippen molar-refractivity contribution in [3.63, 3.8) is 0 Å². The van der Waals surface area contributed by atoms with E-state index >= 15 is 0 Å². The van der Waals surface area contributed by atoms with Gasteiger partial charge in [0.05, 0.1) is 18.3 Å². The molecule has 30 heavy (non-hydrogen) atoms. The largest absolute Gasteiger partial charge is 0.459 e. The van der Waals surface area contributed by atoms with E-state index in [4.69, 9.17) is 9.15 Å². The highest BCUT2D eigenvalue weighted by Gasteiger charge is 2.42. The van der Waals surface area contributed by atoms with Crippen molar-refractivity contribution in [2.75, 3.05) is 11.1 Å². The molecule has 1 aromatic heterocycles. The highest BCUT2D eigenvalue weighted by molar-refractivity contribution is 8.00. The first-order valence-electron chi connectivity index (χ1n) is 9.93. The molecule has 0 radical (unpaired) electrons. The topological polar surface area (TPSA) is 110 Å². The van der Waals surface area contributed by atoms with Gasteiger partial charge in [0.15, 0.2) is 5.76 Å². The Morgan fingerprint density at radius 1 is 1.17 bits per heavy atom. The number of benzene rings is 1. The fourth-order valence-corrected chi connectivity index (χ4v) is 5.19. The number of esters is 1. The molecule has 3 atom stereocenters. The quantitative estimate of drug-likeness (QED) is 0.257. The van der Waals surface area contributed by atoms with Crippen molar-refractivity contribution in [3.8, 4) is 5.75 Å². The molecule has 9 heteroatoms. The maximum atomic E-state index is 12.1. The lowest BCUT2D eigenvalue weighted by Crippen LogP contribution is -2.36. The molecule has 158 valence electrons. The molecule has 0 aliphatic carbocycles. The van der Waals surface area contributed by atoms with E-state index in [1.165, 1.54) is 6.26 Å². The minimum Gasteiger partial charge on any atom is -0.459 e. The van der Waals surface area contributed by atoms with Crippen LogP contribution in [0.25, 0.3) is 0 Å². The van der Waals surface area contributed by atoms with Gasteiger partial charge in [0.25, 0.3) is 5.91 Å². The fraction of sp³-hybridized carbons (Fsp3) is 0.381. The average Bonchev–Trinajstić information content (AvgIpc) is 3.45. The standard InChI is InChI=1S/C21H23N3O5S/c25-18(6-2-1-5-17-19-15(12-30-17)23-21(27)24-19)29-14-9-7-13(8-10-14)22-20(26)16-4-3-11-28-16/h3-4,7-11,15,17,19H,1-2,5-6,12H2,(H,22,26)(H2,23,24,27). The maximum Gasteiger partial charge on any atom is 0.315 e. The molecule has 0 spiro atoms. The summed E-state index contributed by atoms with van der Waals surface area (Å²) in [6.45, 7) is 0. The van der Waals surface area contributed by atoms with Crippen LogP contribution >= 0.6 is 11.8 Å². The summed E-state index contributed by atoms with van der Waals surface area (Å²) in [5.41, 5.74) is 0.581. The third-order valence-electron chi connectivity index (χ3n) is 5.15. The van der Waals surface area contributed by atoms with Crippen molar-refractivity contribution in [1.29, 1.82) is 0 Å². The number of urea groups is 1. The zero-order valence-electron chi connectivity index (χ0n) is 16.3. The van der Waals surface area contributed by atoms with E-state index in [-0.39, 0.29) is 35.8 Å². The maximum absolute atomic E-state index is 12.1. The summed E-state index contributed by atoms with van der Waals surface area (Å²) < 4.78 is 10.4. The van der Waals surface area contributed by atoms with E-state index in [0.717, 1.165) is 25.0 Å². The summed E-state index contributed by atoms with van der Waals surface area (Å²) in [5.74, 6) is 0.974. The lowest BCUT2D eigenvalue weighted by Gasteiger charge is -2.16. The van der Waals surface area contributed by atoms with Gasteiger partial charge in [0.2, 0.25) is 0 Å². The normalized spacial score (nSPS) is 22.1. The molecule has 2 aromatic rings. The van der Waals surface area contributed by atoms with E-state index in [1.807, 2.05) is 11.8 Å². The van der Waals surface area contributed by atoms with Crippen LogP contribution in [0.2, 0.25) is 0 Å². The highest BCUT2D eigenvalue weighted by atomic mass is 32.2. The number of fused-ring (bicyclic) bond motifs is 1. The Bertz CT molecular complexity index is 900. The Balaban J connectivity index is 1.15. The molecule has 0 saturated carbocycles. The van der Waals surface area contributed by atoms with Gasteiger partial charge in [0, 0.05) is 23.1 Å². The second-order valence-corrected chi connectivity index (χ2v) is 8.57. The number of anilines is 1. The van der Waals surface area contributed by atoms with Gasteiger partial charge in [-0.15, -0.1) is 0 Å². The first-order valence-corrected chi connectivity index (χ1v) is 11.0. The number of rotatable bonds is 8. The number of carbonyl (C=O) groups is 3. The fourth-order valence-electron chi connectivity index (χ4n) is 3.65. The molecule has 3 unspecified atom stereocenters. The third kappa shape index (κ3) is 4.96. The van der Waals surface area contributed by atoms with Crippen LogP contribution < -0.4 is 20.7 Å². The first-order chi connectivity index (χ1) is 14.6. The molecule has 3 amide bonds. The monoisotopic (exact) mass is 429 g/mol. The van der Waals surface area contributed by atoms with Crippen LogP contribution in [-0.4, -0.2) is 41.0 Å². The lowest BCUT2D eigenvalue weighted by molar-refractivity contribution is -0.134. The van der Waals surface area contributed by atoms with E-state index in [2.05, 4.69) is 16.0 Å². The van der Waals surface area contributed by atoms with Crippen LogP contribution in [0.3, 0.4) is 0 Å². The zero-order valence-corrected chi connectivity index (χ0v) is 17.1. The van der Waals surface area contributed by atoms with Gasteiger partial charge in [-0.2, -0.15) is 11.8 Å². The highest BCUT2D eigenvalue weighted by Crippen LogP contribution is 2.33. The number of hydrogen-bond acceptors (Lipinski definition) is 6. The number of amides is 3. The molecule has 8 nitrogen and oxygen atoms in total. The van der Waals surface area contributed by atoms with Crippen LogP contribution in [0.15, 0.2) is 47.1 Å². The average molecular weight is 429 g/mol. The molecular formula is C21H23N3O5S. The van der Waals surface area contributed by atoms with Crippen molar-refractivity contribution in [3.05, 3.63) is 48.4 Å². The number of thioether (sulfide) groups is 1. The van der Waals surface area contributed by atoms with E-state index in [0.29, 0.717) is 23.1 Å². The summed E-state index contributed by atoms with van der Waals surface area (Å²) in [6.07, 6.45) is 4.39. The van der Waals surface area contributed by atoms with E-state index in [9.17, 15) is 14.4 Å². The molecule has 3 N–H and O–H groups in total. The van der Waals surface area contributed by atoms with Crippen molar-refractivity contribution >= 4 is 35.4 Å². The second kappa shape index (κ2) is 9.25. The van der Waals surface area contributed by atoms with E-state index < -0.39 is 0 Å². The molecular weight excluding hydrogens is 406 g/mol. The molecule has 1 aromatic carbocycles. The summed E-state index contributed by atoms with van der Waals surface area (Å²) >= 11 is 1.87. The Labute approximate surface area is 178 Å². The Hall–Kier alpha value is -2.94. The molecule has 2 aliphatic heterocycles. The van der Waals surface area contributed by atoms with Gasteiger partial charge in [-0.3, -0.25) is 9.59 Å². The van der Waals surface area contributed by atoms with Crippen LogP contribution in [-0.2, 0) is 4.79 Å². The molecule has 2 aliphatic rings. The van der Waals surface area contributed by atoms with Crippen molar-refractivity contribution in [1.82, 2.24) is 10.6 Å². The smallest absolute Gasteiger partial charge is 0.315 e. The minimum absolute atomic E-state index is 0.0783. The summed E-state index contributed by atoms with van der Waals surface area (Å²) in [5, 5.41) is 9.01. The lowest BCUT2D eigenvalue weighted by atomic mass is 10.0. The van der Waals surface area contributed by atoms with Crippen LogP contribution in [0, 0.1) is 0 Å². The van der Waals surface area contributed by atoms with Crippen molar-refractivity contribution < 1.29 is 23.5 Å². The van der Waals surface area contributed by atoms with Crippen molar-refractivity contribution in [2.45, 2.75) is 43.0 Å². The summed E-state index contributed by atoms with van der Waals surface area (Å²) in [4.78, 5) is 35.4. The van der Waals surface area contributed by atoms with Gasteiger partial charge < -0.3 is 25.1 Å². The molecule has 4 rings (SSSR count). The van der Waals surface area contributed by atoms with E-state index in [1.54, 1.807) is 36.4 Å². The molecule has 2 saturated heterocycles. The number of unbranched alkanes of at least 4 members (excludes halogenated alkanes) is 1. The summed E-state index contributed by atoms with van der Waals surface area (Å²) in [6, 6.07) is 10.2. The van der Waals surface area contributed by atoms with Crippen molar-refractivity contribution in [2.24, 2.45) is 0 Å². The number of ether oxygens (including phenoxy) is 1. The predicted octanol–water partition coefficient (Wildman–Crippen LogP) is 3.16. The van der Waals surface area contributed by atoms with Gasteiger partial charge in [0.1, 0.15) is 5.75 Å². The number of hydrogen-bond donors (Lipinski definition) is 3. The first kappa shape index (κ1) is 20.3. The minimum atomic E-state index is -0.343. The molecule has 3 heterocycles. The Morgan fingerprint density at radius 3 is 2.77 bits per heavy atom. The van der Waals surface area contributed by atoms with Crippen LogP contribution in [0.5, 0.6) is 5.75 Å². The predicted molar refractivity (Wildman–Crippen MR) is 113 cm³/mol. The number of furan rings is 1. The van der Waals surface area contributed by atoms with Crippen LogP contribution in [0.1, 0.15) is 36.2 Å². The van der Waals surface area contributed by atoms with Gasteiger partial charge in [-0.1, -0.05) is 6.42 Å². The van der Waals surface area contributed by atoms with Gasteiger partial charge >= 0.3 is 12.0 Å². The van der Waals surface area contributed by atoms with Gasteiger partial charge in [-0.05, 0) is 49.2 Å².